The summed E-state index contributed by atoms with van der Waals surface area (Å²) < 4.78 is 4.80. The molecule has 5 heteroatoms. The minimum Gasteiger partial charge on any atom is -0.393 e. The van der Waals surface area contributed by atoms with Gasteiger partial charge in [-0.15, -0.1) is 0 Å². The molecule has 0 aromatic rings. The molecule has 96 valence electrons. The summed E-state index contributed by atoms with van der Waals surface area (Å²) in [6.45, 7) is 7.36. The molecule has 0 fully saturated rings. The van der Waals surface area contributed by atoms with Gasteiger partial charge in [0, 0.05) is 20.2 Å². The third-order valence-electron chi connectivity index (χ3n) is 2.29. The predicted molar refractivity (Wildman–Crippen MR) is 63.4 cm³/mol. The van der Waals surface area contributed by atoms with Crippen LogP contribution in [0.5, 0.6) is 0 Å². The van der Waals surface area contributed by atoms with Gasteiger partial charge in [0.1, 0.15) is 0 Å². The van der Waals surface area contributed by atoms with Gasteiger partial charge in [0.25, 0.3) is 0 Å². The Bertz CT molecular complexity index is 202. The summed E-state index contributed by atoms with van der Waals surface area (Å²) >= 11 is 0. The van der Waals surface area contributed by atoms with Crippen molar-refractivity contribution in [3.63, 3.8) is 0 Å². The molecule has 1 atom stereocenters. The highest BCUT2D eigenvalue weighted by molar-refractivity contribution is 5.73. The van der Waals surface area contributed by atoms with E-state index in [2.05, 4.69) is 10.6 Å². The van der Waals surface area contributed by atoms with Crippen LogP contribution in [0.4, 0.5) is 4.79 Å². The first kappa shape index (κ1) is 15.2. The van der Waals surface area contributed by atoms with Crippen LogP contribution in [0.2, 0.25) is 0 Å². The first-order chi connectivity index (χ1) is 7.38. The second-order valence-corrected chi connectivity index (χ2v) is 4.85. The molecule has 5 nitrogen and oxygen atoms in total. The second kappa shape index (κ2) is 7.46. The molecule has 0 saturated heterocycles. The highest BCUT2D eigenvalue weighted by atomic mass is 16.5. The summed E-state index contributed by atoms with van der Waals surface area (Å²) in [5.74, 6) is 0. The molecule has 0 radical (unpaired) electrons. The molecule has 0 rings (SSSR count). The molecule has 0 saturated carbocycles. The number of ether oxygens (including phenoxy) is 1. The average molecular weight is 232 g/mol. The summed E-state index contributed by atoms with van der Waals surface area (Å²) in [7, 11) is 1.58. The van der Waals surface area contributed by atoms with Crippen LogP contribution in [0.3, 0.4) is 0 Å². The number of nitrogens with one attached hydrogen (secondary N) is 2. The maximum absolute atomic E-state index is 11.2. The van der Waals surface area contributed by atoms with Crippen LogP contribution in [0.25, 0.3) is 0 Å². The van der Waals surface area contributed by atoms with Crippen molar-refractivity contribution in [1.29, 1.82) is 0 Å². The van der Waals surface area contributed by atoms with Gasteiger partial charge < -0.3 is 20.5 Å². The van der Waals surface area contributed by atoms with Gasteiger partial charge in [0.15, 0.2) is 0 Å². The van der Waals surface area contributed by atoms with Gasteiger partial charge in [-0.2, -0.15) is 0 Å². The fourth-order valence-electron chi connectivity index (χ4n) is 1.08. The molecule has 0 aliphatic rings. The van der Waals surface area contributed by atoms with Gasteiger partial charge in [-0.3, -0.25) is 0 Å². The number of hydrogen-bond acceptors (Lipinski definition) is 3. The lowest BCUT2D eigenvalue weighted by molar-refractivity contribution is 0.0564. The van der Waals surface area contributed by atoms with Gasteiger partial charge in [-0.25, -0.2) is 4.79 Å². The molecular formula is C11H24N2O3. The standard InChI is InChI=1S/C11H24N2O3/c1-11(2,3)9(14)5-6-12-10(15)13-7-8-16-4/h9,14H,5-8H2,1-4H3,(H2,12,13,15). The van der Waals surface area contributed by atoms with Crippen LogP contribution in [0.15, 0.2) is 0 Å². The first-order valence-electron chi connectivity index (χ1n) is 5.56. The van der Waals surface area contributed by atoms with Crippen molar-refractivity contribution in [1.82, 2.24) is 10.6 Å². The number of amides is 2. The molecule has 0 heterocycles. The maximum Gasteiger partial charge on any atom is 0.314 e. The summed E-state index contributed by atoms with van der Waals surface area (Å²) in [6, 6.07) is -0.224. The maximum atomic E-state index is 11.2. The summed E-state index contributed by atoms with van der Waals surface area (Å²) in [5, 5.41) is 15.0. The third-order valence-corrected chi connectivity index (χ3v) is 2.29. The topological polar surface area (TPSA) is 70.6 Å². The molecule has 0 aromatic heterocycles. The Kier molecular flexibility index (Phi) is 7.08. The van der Waals surface area contributed by atoms with Crippen LogP contribution in [0.1, 0.15) is 27.2 Å². The number of carbonyl (C=O) groups excluding carboxylic acids is 1. The molecule has 2 amide bonds. The second-order valence-electron chi connectivity index (χ2n) is 4.85. The Labute approximate surface area is 97.6 Å². The lowest BCUT2D eigenvalue weighted by Crippen LogP contribution is -2.39. The normalized spacial score (nSPS) is 13.3. The molecule has 16 heavy (non-hydrogen) atoms. The number of carbonyl (C=O) groups is 1. The Morgan fingerprint density at radius 1 is 1.31 bits per heavy atom. The van der Waals surface area contributed by atoms with Crippen molar-refractivity contribution >= 4 is 6.03 Å². The SMILES string of the molecule is COCCNC(=O)NCCC(O)C(C)(C)C. The van der Waals surface area contributed by atoms with Crippen molar-refractivity contribution in [3.05, 3.63) is 0 Å². The van der Waals surface area contributed by atoms with E-state index in [4.69, 9.17) is 4.74 Å². The van der Waals surface area contributed by atoms with Gasteiger partial charge in [0.2, 0.25) is 0 Å². The van der Waals surface area contributed by atoms with Gasteiger partial charge >= 0.3 is 6.03 Å². The van der Waals surface area contributed by atoms with Crippen LogP contribution in [-0.4, -0.2) is 44.0 Å². The van der Waals surface area contributed by atoms with E-state index in [0.717, 1.165) is 0 Å². The minimum atomic E-state index is -0.410. The summed E-state index contributed by atoms with van der Waals surface area (Å²) in [4.78, 5) is 11.2. The summed E-state index contributed by atoms with van der Waals surface area (Å²) in [5.41, 5.74) is -0.145. The van der Waals surface area contributed by atoms with E-state index in [1.165, 1.54) is 0 Å². The number of urea groups is 1. The van der Waals surface area contributed by atoms with Gasteiger partial charge in [-0.1, -0.05) is 20.8 Å². The molecule has 0 bridgehead atoms. The molecule has 0 aliphatic carbocycles. The first-order valence-corrected chi connectivity index (χ1v) is 5.56. The average Bonchev–Trinajstić information content (AvgIpc) is 2.16. The summed E-state index contributed by atoms with van der Waals surface area (Å²) in [6.07, 6.45) is 0.146. The van der Waals surface area contributed by atoms with E-state index in [9.17, 15) is 9.90 Å². The zero-order chi connectivity index (χ0) is 12.6. The number of hydrogen-bond donors (Lipinski definition) is 3. The van der Waals surface area contributed by atoms with E-state index < -0.39 is 6.10 Å². The smallest absolute Gasteiger partial charge is 0.314 e. The highest BCUT2D eigenvalue weighted by Gasteiger charge is 2.21. The molecular weight excluding hydrogens is 208 g/mol. The number of aliphatic hydroxyl groups is 1. The van der Waals surface area contributed by atoms with E-state index in [1.54, 1.807) is 7.11 Å². The quantitative estimate of drug-likeness (QED) is 0.591. The largest absolute Gasteiger partial charge is 0.393 e. The Morgan fingerprint density at radius 2 is 1.88 bits per heavy atom. The monoisotopic (exact) mass is 232 g/mol. The fourth-order valence-corrected chi connectivity index (χ4v) is 1.08. The number of rotatable bonds is 6. The lowest BCUT2D eigenvalue weighted by atomic mass is 9.87. The van der Waals surface area contributed by atoms with Gasteiger partial charge in [-0.05, 0) is 11.8 Å². The van der Waals surface area contributed by atoms with E-state index in [-0.39, 0.29) is 11.4 Å². The van der Waals surface area contributed by atoms with Crippen LogP contribution in [-0.2, 0) is 4.74 Å². The molecule has 0 aliphatic heterocycles. The van der Waals surface area contributed by atoms with E-state index in [0.29, 0.717) is 26.1 Å². The number of methoxy groups -OCH3 is 1. The molecule has 0 spiro atoms. The Morgan fingerprint density at radius 3 is 2.38 bits per heavy atom. The third kappa shape index (κ3) is 7.48. The number of aliphatic hydroxyl groups excluding tert-OH is 1. The van der Waals surface area contributed by atoms with E-state index in [1.807, 2.05) is 20.8 Å². The molecule has 3 N–H and O–H groups in total. The molecule has 1 unspecified atom stereocenters. The fraction of sp³-hybridized carbons (Fsp3) is 0.909. The zero-order valence-corrected chi connectivity index (χ0v) is 10.7. The highest BCUT2D eigenvalue weighted by Crippen LogP contribution is 2.20. The predicted octanol–water partition coefficient (Wildman–Crippen LogP) is 0.729. The van der Waals surface area contributed by atoms with Crippen molar-refractivity contribution in [3.8, 4) is 0 Å². The Hall–Kier alpha value is -0.810. The minimum absolute atomic E-state index is 0.145. The van der Waals surface area contributed by atoms with Crippen molar-refractivity contribution in [2.75, 3.05) is 26.8 Å². The van der Waals surface area contributed by atoms with Crippen molar-refractivity contribution < 1.29 is 14.6 Å². The molecule has 0 aromatic carbocycles. The van der Waals surface area contributed by atoms with Gasteiger partial charge in [0.05, 0.1) is 12.7 Å². The zero-order valence-electron chi connectivity index (χ0n) is 10.7. The van der Waals surface area contributed by atoms with Crippen molar-refractivity contribution in [2.45, 2.75) is 33.3 Å². The lowest BCUT2D eigenvalue weighted by Gasteiger charge is -2.25. The van der Waals surface area contributed by atoms with E-state index >= 15 is 0 Å². The van der Waals surface area contributed by atoms with Crippen LogP contribution < -0.4 is 10.6 Å². The Balaban J connectivity index is 3.54. The van der Waals surface area contributed by atoms with Crippen LogP contribution in [0, 0.1) is 5.41 Å². The van der Waals surface area contributed by atoms with Crippen LogP contribution >= 0.6 is 0 Å². The van der Waals surface area contributed by atoms with Crippen molar-refractivity contribution in [2.24, 2.45) is 5.41 Å².